The van der Waals surface area contributed by atoms with Crippen LogP contribution in [-0.2, 0) is 18.3 Å². The highest BCUT2D eigenvalue weighted by molar-refractivity contribution is 7.22. The van der Waals surface area contributed by atoms with E-state index >= 15 is 0 Å². The first-order valence-corrected chi connectivity index (χ1v) is 47.7. The van der Waals surface area contributed by atoms with E-state index in [4.69, 9.17) is 105 Å². The molecule has 42 nitrogen and oxygen atoms in total. The molecule has 0 fully saturated rings. The molecule has 19 aromatic rings. The molecule has 9 aromatic carbocycles. The normalized spacial score (nSPS) is 11.4. The van der Waals surface area contributed by atoms with Crippen molar-refractivity contribution in [3.63, 3.8) is 0 Å². The highest BCUT2D eigenvalue weighted by atomic mass is 35.5. The van der Waals surface area contributed by atoms with Crippen molar-refractivity contribution in [2.24, 2.45) is 0 Å². The maximum absolute atomic E-state index is 8.91. The minimum absolute atomic E-state index is 0.0643. The molecule has 0 spiro atoms. The van der Waals surface area contributed by atoms with Crippen LogP contribution in [-0.4, -0.2) is 181 Å². The number of halogens is 2. The minimum atomic E-state index is -0.0643. The maximum Gasteiger partial charge on any atom is 0.248 e. The number of rotatable bonds is 29. The summed E-state index contributed by atoms with van der Waals surface area (Å²) in [5.41, 5.74) is 48.5. The van der Waals surface area contributed by atoms with Gasteiger partial charge in [-0.2, -0.15) is 48.3 Å². The Labute approximate surface area is 829 Å². The fraction of sp³-hybridized carbons (Fsp3) is 0.220. The fourth-order valence-corrected chi connectivity index (χ4v) is 19.2. The summed E-state index contributed by atoms with van der Waals surface area (Å²) in [5.74, 6) is 7.53. The zero-order chi connectivity index (χ0) is 98.6. The summed E-state index contributed by atoms with van der Waals surface area (Å²) in [6.45, 7) is 7.32. The Bertz CT molecular complexity index is 7470. The third kappa shape index (κ3) is 22.4. The second-order valence-electron chi connectivity index (χ2n) is 31.3. The van der Waals surface area contributed by atoms with Crippen molar-refractivity contribution in [3.05, 3.63) is 190 Å². The van der Waals surface area contributed by atoms with Gasteiger partial charge < -0.3 is 114 Å². The number of anilines is 17. The Morgan fingerprint density at radius 2 is 0.764 bits per heavy atom. The number of hydrogen-bond acceptors (Lipinski definition) is 42. The van der Waals surface area contributed by atoms with Gasteiger partial charge in [0.25, 0.3) is 0 Å². The number of unbranched alkanes of at least 4 members (excludes halogenated alkanes) is 1. The molecule has 0 atom stereocenters. The Morgan fingerprint density at radius 1 is 0.364 bits per heavy atom. The molecule has 0 radical (unpaired) electrons. The van der Waals surface area contributed by atoms with Crippen molar-refractivity contribution in [2.45, 2.75) is 58.3 Å². The molecule has 0 bridgehead atoms. The Balaban J connectivity index is 0.000000127. The third-order valence-electron chi connectivity index (χ3n) is 20.9. The molecule has 1 aliphatic rings. The number of aryl methyl sites for hydroxylation is 2. The van der Waals surface area contributed by atoms with Crippen LogP contribution >= 0.6 is 79.9 Å². The van der Waals surface area contributed by atoms with E-state index in [1.54, 1.807) is 145 Å². The number of methoxy groups -OCH3 is 9. The van der Waals surface area contributed by atoms with Gasteiger partial charge in [0.1, 0.15) is 0 Å². The zero-order valence-electron chi connectivity index (χ0n) is 77.4. The number of benzene rings is 9. The second-order valence-corrected chi connectivity index (χ2v) is 37.0. The molecule has 0 saturated carbocycles. The molecule has 0 amide bonds. The Kier molecular flexibility index (Phi) is 30.1. The number of aliphatic hydroxyl groups is 1. The molecule has 49 heteroatoms. The molecule has 10 heterocycles. The lowest BCUT2D eigenvalue weighted by molar-refractivity contribution is 0.286. The van der Waals surface area contributed by atoms with Gasteiger partial charge in [-0.1, -0.05) is 120 Å². The molecular weight excluding hydrogens is 1930 g/mol. The molecule has 0 unspecified atom stereocenters. The average Bonchev–Trinajstić information content (AvgIpc) is 1.64. The first-order chi connectivity index (χ1) is 67.7. The average molecular weight is 2030 g/mol. The van der Waals surface area contributed by atoms with Gasteiger partial charge in [-0.25, -0.2) is 24.9 Å². The molecule has 0 saturated heterocycles. The van der Waals surface area contributed by atoms with Crippen LogP contribution in [0.4, 0.5) is 99.3 Å². The van der Waals surface area contributed by atoms with Crippen molar-refractivity contribution >= 4 is 220 Å². The number of para-hydroxylation sites is 2. The van der Waals surface area contributed by atoms with Crippen LogP contribution in [0.25, 0.3) is 66.5 Å². The molecule has 19 N–H and O–H groups in total. The van der Waals surface area contributed by atoms with Gasteiger partial charge in [-0.05, 0) is 134 Å². The molecule has 10 aromatic heterocycles. The number of fused-ring (bicyclic) bond motifs is 5. The van der Waals surface area contributed by atoms with Crippen molar-refractivity contribution in [2.75, 3.05) is 143 Å². The smallest absolute Gasteiger partial charge is 0.248 e. The van der Waals surface area contributed by atoms with Crippen LogP contribution in [0.5, 0.6) is 51.7 Å². The summed E-state index contributed by atoms with van der Waals surface area (Å²) in [4.78, 5) is 44.4. The van der Waals surface area contributed by atoms with Gasteiger partial charge in [0.2, 0.25) is 102 Å². The number of nitrogens with zero attached hydrogens (tertiary/aromatic N) is 20. The molecule has 0 aliphatic heterocycles. The van der Waals surface area contributed by atoms with Crippen molar-refractivity contribution in [1.29, 1.82) is 0 Å². The molecule has 20 rings (SSSR count). The first-order valence-electron chi connectivity index (χ1n) is 42.8. The van der Waals surface area contributed by atoms with Crippen molar-refractivity contribution in [1.82, 2.24) is 98.7 Å². The van der Waals surface area contributed by atoms with E-state index < -0.39 is 0 Å². The standard InChI is InChI=1S/C22H27N7O4S.C18H19N7O3S.C18H24N6O3S.C18H16N6S.C15H10Cl2N6S/c1-31-16-10-14(11-17(32-2)19(16)33-3)25-21-27-20(23)29(28-21)22-26-15-7-6-13(12-18(15)34-22)24-8-4-5-9-30;1-26-12-7-10(8-13(27-2)15(12)28-3)21-17-23-16(20)25(24-17)18-22-11-5-4-9(19)6-14(11)29-18;1-18(2,3)13-9-28-17(21-13)24-16(22-15(19)23-24)20-10-7-11(25-4)14(27-6)12(8-10)26-5;19-16-22-17(20-13-9-8-11-4-3-5-12(11)10-13)23-24(16)18-21-14-6-1-2-7-15(14)25-18;16-9-6-5-8(7-10(9)17)19-14-21-13(18)23(22-14)15-20-11-3-1-2-4-12(11)24-15/h6-7,10-12,24,30H,4-5,8-9H2,1-3H3,(H3,23,25,27,28);4-8H,19H2,1-3H3,(H3,20,21,23,24);7-9H,1-6H3,(H3,19,20,22,23);1-2,6-10H,3-5H2,(H3,19,20,22,23);1-7H,(H3,18,19,21,22). The summed E-state index contributed by atoms with van der Waals surface area (Å²) in [7, 11) is 14.0. The largest absolute Gasteiger partial charge is 0.493 e. The van der Waals surface area contributed by atoms with Crippen LogP contribution in [0.1, 0.15) is 56.9 Å². The molecule has 140 heavy (non-hydrogen) atoms. The van der Waals surface area contributed by atoms with Crippen molar-refractivity contribution in [3.8, 4) is 77.4 Å². The molecular formula is C91H96Cl2N32O10S5. The van der Waals surface area contributed by atoms with E-state index in [9.17, 15) is 0 Å². The zero-order valence-corrected chi connectivity index (χ0v) is 83.0. The fourth-order valence-electron chi connectivity index (χ4n) is 14.2. The van der Waals surface area contributed by atoms with Crippen LogP contribution in [0.15, 0.2) is 163 Å². The number of nitrogen functional groups attached to an aromatic ring is 6. The quantitative estimate of drug-likeness (QED) is 0.0153. The number of ether oxygens (including phenoxy) is 9. The number of nitrogens with one attached hydrogen (secondary N) is 6. The Hall–Kier alpha value is -15.8. The van der Waals surface area contributed by atoms with E-state index in [0.717, 1.165) is 83.7 Å². The maximum atomic E-state index is 8.91. The predicted octanol–water partition coefficient (Wildman–Crippen LogP) is 17.8. The predicted molar refractivity (Wildman–Crippen MR) is 555 cm³/mol. The summed E-state index contributed by atoms with van der Waals surface area (Å²) in [6, 6.07) is 49.5. The van der Waals surface area contributed by atoms with E-state index in [1.807, 2.05) is 84.2 Å². The monoisotopic (exact) mass is 2030 g/mol. The highest BCUT2D eigenvalue weighted by Crippen LogP contribution is 2.45. The minimum Gasteiger partial charge on any atom is -0.493 e. The SMILES string of the molecule is COc1cc(Nc2nc(N)n(-c3nc4ccc(N)cc4s3)n2)cc(OC)c1OC.COc1cc(Nc2nc(N)n(-c3nc4ccc(NCCCCO)cc4s3)n2)cc(OC)c1OC.COc1cc(Nc2nc(N)nn2-c2nc(C(C)(C)C)cs2)cc(OC)c1OC.Nc1nc(Nc2ccc(Cl)c(Cl)c2)nn1-c1nc2ccccc2s1.Nc1nc(Nc2ccc3c(c2)CCC3)nn1-c1nc2ccccc2s1. The van der Waals surface area contributed by atoms with Crippen molar-refractivity contribution < 1.29 is 47.7 Å². The lowest BCUT2D eigenvalue weighted by atomic mass is 9.93. The van der Waals surface area contributed by atoms with E-state index in [2.05, 4.69) is 146 Å². The number of hydrogen-bond donors (Lipinski definition) is 13. The number of thiazole rings is 5. The lowest BCUT2D eigenvalue weighted by Crippen LogP contribution is -2.12. The van der Waals surface area contributed by atoms with E-state index in [1.165, 1.54) is 83.4 Å². The van der Waals surface area contributed by atoms with Gasteiger partial charge >= 0.3 is 0 Å². The highest BCUT2D eigenvalue weighted by Gasteiger charge is 2.26. The summed E-state index contributed by atoms with van der Waals surface area (Å²) in [5, 5.41) is 56.2. The summed E-state index contributed by atoms with van der Waals surface area (Å²) >= 11 is 19.3. The van der Waals surface area contributed by atoms with Gasteiger partial charge in [0.05, 0.1) is 121 Å². The van der Waals surface area contributed by atoms with Crippen LogP contribution < -0.4 is 109 Å². The third-order valence-corrected chi connectivity index (χ3v) is 26.4. The first kappa shape index (κ1) is 97.3. The van der Waals surface area contributed by atoms with Gasteiger partial charge in [0, 0.05) is 100 Å². The number of nitrogens with two attached hydrogens (primary N) is 6. The number of aliphatic hydroxyl groups excluding tert-OH is 1. The van der Waals surface area contributed by atoms with Crippen LogP contribution in [0, 0.1) is 0 Å². The summed E-state index contributed by atoms with van der Waals surface area (Å²) < 4.78 is 60.1. The molecule has 724 valence electrons. The van der Waals surface area contributed by atoms with Gasteiger partial charge in [-0.3, -0.25) is 0 Å². The van der Waals surface area contributed by atoms with Gasteiger partial charge in [0.15, 0.2) is 34.5 Å². The van der Waals surface area contributed by atoms with E-state index in [0.29, 0.717) is 152 Å². The van der Waals surface area contributed by atoms with E-state index in [-0.39, 0.29) is 35.8 Å². The van der Waals surface area contributed by atoms with Crippen LogP contribution in [0.3, 0.4) is 0 Å². The second kappa shape index (κ2) is 43.3. The Morgan fingerprint density at radius 3 is 1.19 bits per heavy atom. The van der Waals surface area contributed by atoms with Crippen LogP contribution in [0.2, 0.25) is 10.0 Å². The van der Waals surface area contributed by atoms with Gasteiger partial charge in [-0.15, -0.1) is 36.8 Å². The topological polar surface area (TPSA) is 550 Å². The molecule has 1 aliphatic carbocycles. The number of aromatic nitrogens is 20. The lowest BCUT2D eigenvalue weighted by Gasteiger charge is -2.15. The summed E-state index contributed by atoms with van der Waals surface area (Å²) in [6.07, 6.45) is 5.22.